The van der Waals surface area contributed by atoms with E-state index in [1.165, 1.54) is 19.3 Å². The average molecular weight is 394 g/mol. The maximum absolute atomic E-state index is 12.7. The Hall–Kier alpha value is -2.05. The maximum Gasteiger partial charge on any atom is 0.471 e. The first kappa shape index (κ1) is 19.3. The van der Waals surface area contributed by atoms with Gasteiger partial charge in [-0.2, -0.15) is 13.2 Å². The number of rotatable bonds is 5. The fraction of sp³-hybridized carbons (Fsp3) is 0.619. The highest BCUT2D eigenvalue weighted by Gasteiger charge is 2.51. The van der Waals surface area contributed by atoms with Crippen LogP contribution in [0, 0.1) is 23.2 Å². The zero-order valence-electron chi connectivity index (χ0n) is 15.6. The molecule has 152 valence electrons. The average Bonchev–Trinajstić information content (AvgIpc) is 2.57. The number of anilines is 1. The smallest absolute Gasteiger partial charge is 0.344 e. The fourth-order valence-corrected chi connectivity index (χ4v) is 6.09. The second-order valence-corrected chi connectivity index (χ2v) is 9.02. The fourth-order valence-electron chi connectivity index (χ4n) is 6.09. The summed E-state index contributed by atoms with van der Waals surface area (Å²) in [6.07, 6.45) is 3.04. The van der Waals surface area contributed by atoms with Gasteiger partial charge in [0.15, 0.2) is 0 Å². The van der Waals surface area contributed by atoms with Gasteiger partial charge in [-0.1, -0.05) is 12.1 Å². The summed E-state index contributed by atoms with van der Waals surface area (Å²) in [5.74, 6) is 0.334. The molecule has 4 aliphatic rings. The van der Waals surface area contributed by atoms with Gasteiger partial charge < -0.3 is 10.6 Å². The van der Waals surface area contributed by atoms with Gasteiger partial charge in [0.2, 0.25) is 5.91 Å². The molecule has 4 bridgehead atoms. The third-order valence-electron chi connectivity index (χ3n) is 6.62. The lowest BCUT2D eigenvalue weighted by Gasteiger charge is -2.56. The summed E-state index contributed by atoms with van der Waals surface area (Å²) in [6.45, 7) is -0.239. The van der Waals surface area contributed by atoms with Gasteiger partial charge in [0.1, 0.15) is 0 Å². The molecular formula is C21H25F3N2O2. The van der Waals surface area contributed by atoms with Gasteiger partial charge >= 0.3 is 12.1 Å². The number of amides is 2. The lowest BCUT2D eigenvalue weighted by molar-refractivity contribution is -0.173. The van der Waals surface area contributed by atoms with Crippen LogP contribution < -0.4 is 10.6 Å². The largest absolute Gasteiger partial charge is 0.471 e. The zero-order chi connectivity index (χ0) is 19.9. The van der Waals surface area contributed by atoms with E-state index in [1.807, 2.05) is 5.32 Å². The first-order chi connectivity index (χ1) is 13.2. The molecule has 0 saturated heterocycles. The maximum atomic E-state index is 12.7. The first-order valence-corrected chi connectivity index (χ1v) is 9.95. The van der Waals surface area contributed by atoms with E-state index in [-0.39, 0.29) is 17.9 Å². The van der Waals surface area contributed by atoms with Crippen molar-refractivity contribution in [3.8, 4) is 0 Å². The second kappa shape index (κ2) is 7.08. The van der Waals surface area contributed by atoms with Crippen LogP contribution in [0.25, 0.3) is 0 Å². The number of alkyl halides is 3. The Morgan fingerprint density at radius 3 is 2.21 bits per heavy atom. The predicted octanol–water partition coefficient (Wildman–Crippen LogP) is 4.41. The molecule has 0 spiro atoms. The number of benzene rings is 1. The molecule has 0 atom stereocenters. The summed E-state index contributed by atoms with van der Waals surface area (Å²) >= 11 is 0. The molecule has 0 aliphatic heterocycles. The number of hydrogen-bond acceptors (Lipinski definition) is 2. The Morgan fingerprint density at radius 1 is 1.04 bits per heavy atom. The van der Waals surface area contributed by atoms with Crippen molar-refractivity contribution in [3.05, 3.63) is 29.8 Å². The molecular weight excluding hydrogens is 369 g/mol. The minimum atomic E-state index is -4.90. The number of carbonyl (C=O) groups is 2. The van der Waals surface area contributed by atoms with E-state index < -0.39 is 12.1 Å². The number of carbonyl (C=O) groups excluding carboxylic acids is 2. The topological polar surface area (TPSA) is 58.2 Å². The summed E-state index contributed by atoms with van der Waals surface area (Å²) in [6, 6.07) is 6.60. The van der Waals surface area contributed by atoms with E-state index in [1.54, 1.807) is 24.3 Å². The van der Waals surface area contributed by atoms with Crippen LogP contribution in [0.1, 0.15) is 50.5 Å². The van der Waals surface area contributed by atoms with Gasteiger partial charge in [-0.15, -0.1) is 0 Å². The highest BCUT2D eigenvalue weighted by atomic mass is 19.4. The number of halogens is 3. The minimum Gasteiger partial charge on any atom is -0.344 e. The van der Waals surface area contributed by atoms with Crippen molar-refractivity contribution < 1.29 is 22.8 Å². The Balaban J connectivity index is 1.34. The van der Waals surface area contributed by atoms with Crippen molar-refractivity contribution in [1.82, 2.24) is 5.32 Å². The Kier molecular flexibility index (Phi) is 4.88. The summed E-state index contributed by atoms with van der Waals surface area (Å²) < 4.78 is 36.9. The molecule has 28 heavy (non-hydrogen) atoms. The molecule has 2 amide bonds. The molecule has 0 unspecified atom stereocenters. The summed E-state index contributed by atoms with van der Waals surface area (Å²) in [5.41, 5.74) is 1.19. The van der Waals surface area contributed by atoms with E-state index in [0.717, 1.165) is 37.0 Å². The van der Waals surface area contributed by atoms with Crippen LogP contribution in [0.2, 0.25) is 0 Å². The molecule has 2 N–H and O–H groups in total. The van der Waals surface area contributed by atoms with E-state index in [9.17, 15) is 22.8 Å². The third kappa shape index (κ3) is 4.18. The standard InChI is InChI=1S/C21H25F3N2O2/c22-21(23,24)19(28)25-12-13-2-1-3-17(7-13)26-18(27)11-20-8-14-4-15(9-20)6-16(5-14)10-20/h1-3,7,14-16H,4-6,8-12H2,(H,25,28)(H,26,27). The van der Waals surface area contributed by atoms with Gasteiger partial charge in [0, 0.05) is 18.7 Å². The second-order valence-electron chi connectivity index (χ2n) is 9.02. The third-order valence-corrected chi connectivity index (χ3v) is 6.62. The van der Waals surface area contributed by atoms with Crippen molar-refractivity contribution in [2.24, 2.45) is 23.2 Å². The summed E-state index contributed by atoms with van der Waals surface area (Å²) in [5, 5.41) is 4.75. The molecule has 0 radical (unpaired) electrons. The quantitative estimate of drug-likeness (QED) is 0.777. The Morgan fingerprint density at radius 2 is 1.64 bits per heavy atom. The van der Waals surface area contributed by atoms with Crippen molar-refractivity contribution in [3.63, 3.8) is 0 Å². The predicted molar refractivity (Wildman–Crippen MR) is 98.2 cm³/mol. The molecule has 1 aromatic rings. The van der Waals surface area contributed by atoms with Crippen molar-refractivity contribution in [2.75, 3.05) is 5.32 Å². The van der Waals surface area contributed by atoms with Gasteiger partial charge in [0.25, 0.3) is 0 Å². The minimum absolute atomic E-state index is 0.0292. The van der Waals surface area contributed by atoms with Gasteiger partial charge in [0.05, 0.1) is 0 Å². The normalized spacial score (nSPS) is 30.9. The summed E-state index contributed by atoms with van der Waals surface area (Å²) in [4.78, 5) is 23.6. The van der Waals surface area contributed by atoms with E-state index in [4.69, 9.17) is 0 Å². The molecule has 0 heterocycles. The zero-order valence-corrected chi connectivity index (χ0v) is 15.6. The van der Waals surface area contributed by atoms with E-state index >= 15 is 0 Å². The lowest BCUT2D eigenvalue weighted by atomic mass is 9.49. The van der Waals surface area contributed by atoms with Gasteiger partial charge in [-0.05, 0) is 79.4 Å². The first-order valence-electron chi connectivity index (χ1n) is 9.95. The van der Waals surface area contributed by atoms with Crippen LogP contribution >= 0.6 is 0 Å². The number of hydrogen-bond donors (Lipinski definition) is 2. The molecule has 4 saturated carbocycles. The van der Waals surface area contributed by atoms with Crippen molar-refractivity contribution in [1.29, 1.82) is 0 Å². The SMILES string of the molecule is O=C(CC12CC3CC(CC(C3)C1)C2)Nc1cccc(CNC(=O)C(F)(F)F)c1. The van der Waals surface area contributed by atoms with Crippen molar-refractivity contribution >= 4 is 17.5 Å². The van der Waals surface area contributed by atoms with Gasteiger partial charge in [-0.3, -0.25) is 9.59 Å². The Bertz CT molecular complexity index is 740. The molecule has 4 fully saturated rings. The molecule has 0 aromatic heterocycles. The van der Waals surface area contributed by atoms with E-state index in [2.05, 4.69) is 5.32 Å². The van der Waals surface area contributed by atoms with Crippen LogP contribution in [-0.4, -0.2) is 18.0 Å². The monoisotopic (exact) mass is 394 g/mol. The van der Waals surface area contributed by atoms with Crippen LogP contribution in [0.3, 0.4) is 0 Å². The summed E-state index contributed by atoms with van der Waals surface area (Å²) in [7, 11) is 0. The van der Waals surface area contributed by atoms with Gasteiger partial charge in [-0.25, -0.2) is 0 Å². The molecule has 4 aliphatic carbocycles. The number of nitrogens with one attached hydrogen (secondary N) is 2. The highest BCUT2D eigenvalue weighted by molar-refractivity contribution is 5.91. The van der Waals surface area contributed by atoms with Crippen LogP contribution in [0.5, 0.6) is 0 Å². The molecule has 4 nitrogen and oxygen atoms in total. The molecule has 1 aromatic carbocycles. The van der Waals surface area contributed by atoms with Crippen LogP contribution in [0.4, 0.5) is 18.9 Å². The van der Waals surface area contributed by atoms with Crippen LogP contribution in [-0.2, 0) is 16.1 Å². The van der Waals surface area contributed by atoms with Crippen LogP contribution in [0.15, 0.2) is 24.3 Å². The van der Waals surface area contributed by atoms with Crippen molar-refractivity contribution in [2.45, 2.75) is 57.7 Å². The lowest BCUT2D eigenvalue weighted by Crippen LogP contribution is -2.47. The molecule has 5 rings (SSSR count). The van der Waals surface area contributed by atoms with E-state index in [0.29, 0.717) is 17.7 Å². The highest BCUT2D eigenvalue weighted by Crippen LogP contribution is 2.61. The Labute approximate surface area is 162 Å². The molecule has 7 heteroatoms.